The summed E-state index contributed by atoms with van der Waals surface area (Å²) in [4.78, 5) is 15.1. The summed E-state index contributed by atoms with van der Waals surface area (Å²) in [6.07, 6.45) is 0.715. The van der Waals surface area contributed by atoms with E-state index in [1.54, 1.807) is 14.2 Å². The summed E-state index contributed by atoms with van der Waals surface area (Å²) in [6, 6.07) is 19.2. The van der Waals surface area contributed by atoms with Crippen LogP contribution in [0.25, 0.3) is 0 Å². The van der Waals surface area contributed by atoms with Gasteiger partial charge >= 0.3 is 0 Å². The summed E-state index contributed by atoms with van der Waals surface area (Å²) in [5.74, 6) is 2.69. The molecular formula is C28H31NO5. The van der Waals surface area contributed by atoms with Crippen LogP contribution in [0.5, 0.6) is 23.0 Å². The minimum absolute atomic E-state index is 0.0350. The third-order valence-corrected chi connectivity index (χ3v) is 6.03. The zero-order valence-corrected chi connectivity index (χ0v) is 20.2. The van der Waals surface area contributed by atoms with Gasteiger partial charge in [-0.2, -0.15) is 0 Å². The molecule has 0 saturated carbocycles. The minimum Gasteiger partial charge on any atom is -0.493 e. The van der Waals surface area contributed by atoms with Gasteiger partial charge < -0.3 is 23.8 Å². The van der Waals surface area contributed by atoms with Gasteiger partial charge in [-0.1, -0.05) is 24.3 Å². The molecule has 0 fully saturated rings. The molecule has 0 N–H and O–H groups in total. The second-order valence-corrected chi connectivity index (χ2v) is 8.50. The van der Waals surface area contributed by atoms with Crippen LogP contribution in [-0.2, 0) is 11.2 Å². The van der Waals surface area contributed by atoms with E-state index in [1.807, 2.05) is 73.3 Å². The fourth-order valence-corrected chi connectivity index (χ4v) is 4.44. The molecular weight excluding hydrogens is 430 g/mol. The number of hydrogen-bond donors (Lipinski definition) is 0. The van der Waals surface area contributed by atoms with Crippen molar-refractivity contribution in [1.29, 1.82) is 0 Å². The van der Waals surface area contributed by atoms with Crippen LogP contribution >= 0.6 is 0 Å². The Kier molecular flexibility index (Phi) is 7.26. The lowest BCUT2D eigenvalue weighted by molar-refractivity contribution is -0.137. The summed E-state index contributed by atoms with van der Waals surface area (Å²) in [6.45, 7) is 4.95. The number of carbonyl (C=O) groups is 1. The first kappa shape index (κ1) is 23.5. The maximum absolute atomic E-state index is 13.3. The second-order valence-electron chi connectivity index (χ2n) is 8.50. The van der Waals surface area contributed by atoms with E-state index in [-0.39, 0.29) is 18.6 Å². The topological polar surface area (TPSA) is 57.2 Å². The molecule has 0 spiro atoms. The number of aryl methyl sites for hydroxylation is 2. The quantitative estimate of drug-likeness (QED) is 0.477. The molecule has 34 heavy (non-hydrogen) atoms. The van der Waals surface area contributed by atoms with Crippen molar-refractivity contribution in [3.63, 3.8) is 0 Å². The Morgan fingerprint density at radius 1 is 0.882 bits per heavy atom. The molecule has 178 valence electrons. The van der Waals surface area contributed by atoms with Crippen LogP contribution in [-0.4, -0.2) is 44.8 Å². The standard InChI is InChI=1S/C28H31NO5/c1-19-12-20(2)14-23(13-19)33-17-25-24-16-27(32-4)26(31-3)15-21(24)10-11-29(25)28(30)18-34-22-8-6-5-7-9-22/h5-9,12-16,25H,10-11,17-18H2,1-4H3/t25-/m1/s1. The monoisotopic (exact) mass is 461 g/mol. The average molecular weight is 462 g/mol. The third kappa shape index (κ3) is 5.28. The van der Waals surface area contributed by atoms with Crippen LogP contribution in [0.2, 0.25) is 0 Å². The zero-order valence-electron chi connectivity index (χ0n) is 20.2. The molecule has 0 aromatic heterocycles. The SMILES string of the molecule is COc1cc2c(cc1OC)[C@@H](COc1cc(C)cc(C)c1)N(C(=O)COc1ccccc1)CC2. The van der Waals surface area contributed by atoms with E-state index in [0.717, 1.165) is 28.0 Å². The fraction of sp³-hybridized carbons (Fsp3) is 0.321. The van der Waals surface area contributed by atoms with Crippen molar-refractivity contribution in [3.05, 3.63) is 82.9 Å². The molecule has 4 rings (SSSR count). The number of rotatable bonds is 8. The molecule has 3 aromatic carbocycles. The highest BCUT2D eigenvalue weighted by atomic mass is 16.5. The molecule has 1 aliphatic rings. The summed E-state index contributed by atoms with van der Waals surface area (Å²) < 4.78 is 23.0. The maximum atomic E-state index is 13.3. The molecule has 1 heterocycles. The van der Waals surface area contributed by atoms with Crippen LogP contribution in [0, 0.1) is 13.8 Å². The van der Waals surface area contributed by atoms with Crippen LogP contribution in [0.1, 0.15) is 28.3 Å². The third-order valence-electron chi connectivity index (χ3n) is 6.03. The lowest BCUT2D eigenvalue weighted by Gasteiger charge is -2.37. The van der Waals surface area contributed by atoms with Gasteiger partial charge in [-0.3, -0.25) is 4.79 Å². The Hall–Kier alpha value is -3.67. The highest BCUT2D eigenvalue weighted by Crippen LogP contribution is 2.38. The van der Waals surface area contributed by atoms with Gasteiger partial charge in [0.2, 0.25) is 0 Å². The Morgan fingerprint density at radius 2 is 1.56 bits per heavy atom. The Labute approximate surface area is 201 Å². The molecule has 0 saturated heterocycles. The van der Waals surface area contributed by atoms with Gasteiger partial charge in [0.25, 0.3) is 5.91 Å². The smallest absolute Gasteiger partial charge is 0.261 e. The minimum atomic E-state index is -0.281. The average Bonchev–Trinajstić information content (AvgIpc) is 2.84. The molecule has 6 nitrogen and oxygen atoms in total. The van der Waals surface area contributed by atoms with E-state index in [9.17, 15) is 4.79 Å². The van der Waals surface area contributed by atoms with Crippen molar-refractivity contribution in [2.24, 2.45) is 0 Å². The largest absolute Gasteiger partial charge is 0.493 e. The normalized spacial score (nSPS) is 14.8. The number of benzene rings is 3. The van der Waals surface area contributed by atoms with Crippen LogP contribution in [0.3, 0.4) is 0 Å². The van der Waals surface area contributed by atoms with Gasteiger partial charge in [0, 0.05) is 6.54 Å². The number of methoxy groups -OCH3 is 2. The van der Waals surface area contributed by atoms with Crippen LogP contribution in [0.15, 0.2) is 60.7 Å². The highest BCUT2D eigenvalue weighted by molar-refractivity contribution is 5.79. The first-order valence-corrected chi connectivity index (χ1v) is 11.4. The Morgan fingerprint density at radius 3 is 2.24 bits per heavy atom. The molecule has 0 bridgehead atoms. The number of amides is 1. The first-order chi connectivity index (χ1) is 16.5. The molecule has 0 radical (unpaired) electrons. The predicted molar refractivity (Wildman–Crippen MR) is 131 cm³/mol. The summed E-state index contributed by atoms with van der Waals surface area (Å²) >= 11 is 0. The number of fused-ring (bicyclic) bond motifs is 1. The lowest BCUT2D eigenvalue weighted by atomic mass is 9.92. The van der Waals surface area contributed by atoms with E-state index in [1.165, 1.54) is 0 Å². The number of ether oxygens (including phenoxy) is 4. The summed E-state index contributed by atoms with van der Waals surface area (Å²) in [7, 11) is 3.25. The van der Waals surface area contributed by atoms with E-state index in [2.05, 4.69) is 6.07 Å². The van der Waals surface area contributed by atoms with Gasteiger partial charge in [-0.25, -0.2) is 0 Å². The van der Waals surface area contributed by atoms with Crippen molar-refractivity contribution in [3.8, 4) is 23.0 Å². The van der Waals surface area contributed by atoms with E-state index in [4.69, 9.17) is 18.9 Å². The zero-order chi connectivity index (χ0) is 24.1. The van der Waals surface area contributed by atoms with Crippen molar-refractivity contribution >= 4 is 5.91 Å². The van der Waals surface area contributed by atoms with E-state index < -0.39 is 0 Å². The molecule has 1 aliphatic heterocycles. The van der Waals surface area contributed by atoms with Crippen molar-refractivity contribution in [1.82, 2.24) is 4.90 Å². The van der Waals surface area contributed by atoms with Gasteiger partial charge in [0.05, 0.1) is 20.3 Å². The Balaban J connectivity index is 1.61. The number of carbonyl (C=O) groups excluding carboxylic acids is 1. The highest BCUT2D eigenvalue weighted by Gasteiger charge is 2.33. The molecule has 3 aromatic rings. The molecule has 1 amide bonds. The number of hydrogen-bond acceptors (Lipinski definition) is 5. The second kappa shape index (κ2) is 10.5. The number of para-hydroxylation sites is 1. The fourth-order valence-electron chi connectivity index (χ4n) is 4.44. The maximum Gasteiger partial charge on any atom is 0.261 e. The summed E-state index contributed by atoms with van der Waals surface area (Å²) in [5.41, 5.74) is 4.39. The molecule has 0 aliphatic carbocycles. The van der Waals surface area contributed by atoms with Crippen molar-refractivity contribution < 1.29 is 23.7 Å². The van der Waals surface area contributed by atoms with Crippen LogP contribution in [0.4, 0.5) is 0 Å². The van der Waals surface area contributed by atoms with Gasteiger partial charge in [0.1, 0.15) is 18.1 Å². The lowest BCUT2D eigenvalue weighted by Crippen LogP contribution is -2.44. The molecule has 6 heteroatoms. The van der Waals surface area contributed by atoms with Crippen molar-refractivity contribution in [2.45, 2.75) is 26.3 Å². The van der Waals surface area contributed by atoms with Gasteiger partial charge in [0.15, 0.2) is 18.1 Å². The van der Waals surface area contributed by atoms with Crippen LogP contribution < -0.4 is 18.9 Å². The Bertz CT molecular complexity index is 1120. The van der Waals surface area contributed by atoms with Gasteiger partial charge in [-0.15, -0.1) is 0 Å². The van der Waals surface area contributed by atoms with E-state index >= 15 is 0 Å². The predicted octanol–water partition coefficient (Wildman–Crippen LogP) is 4.90. The van der Waals surface area contributed by atoms with Crippen molar-refractivity contribution in [2.75, 3.05) is 34.0 Å². The first-order valence-electron chi connectivity index (χ1n) is 11.4. The number of nitrogens with zero attached hydrogens (tertiary/aromatic N) is 1. The molecule has 1 atom stereocenters. The van der Waals surface area contributed by atoms with Gasteiger partial charge in [-0.05, 0) is 78.9 Å². The molecule has 0 unspecified atom stereocenters. The summed E-state index contributed by atoms with van der Waals surface area (Å²) in [5, 5.41) is 0. The van der Waals surface area contributed by atoms with E-state index in [0.29, 0.717) is 36.8 Å².